The highest BCUT2D eigenvalue weighted by Gasteiger charge is 2.11. The maximum absolute atomic E-state index is 10.1. The summed E-state index contributed by atoms with van der Waals surface area (Å²) in [4.78, 5) is 9.57. The van der Waals surface area contributed by atoms with Crippen LogP contribution in [0.3, 0.4) is 0 Å². The van der Waals surface area contributed by atoms with Crippen molar-refractivity contribution in [3.05, 3.63) is 38.9 Å². The van der Waals surface area contributed by atoms with Gasteiger partial charge in [0.15, 0.2) is 0 Å². The van der Waals surface area contributed by atoms with Crippen LogP contribution in [0.4, 0.5) is 0 Å². The largest absolute Gasteiger partial charge is 0.507 e. The normalized spacial score (nSPS) is 9.75. The van der Waals surface area contributed by atoms with Crippen molar-refractivity contribution in [3.8, 4) is 5.75 Å². The Bertz CT molecular complexity index is 293. The van der Waals surface area contributed by atoms with E-state index in [1.165, 1.54) is 18.2 Å². The van der Waals surface area contributed by atoms with E-state index in [4.69, 9.17) is 16.7 Å². The third-order valence-corrected chi connectivity index (χ3v) is 1.74. The van der Waals surface area contributed by atoms with Gasteiger partial charge in [0.05, 0.1) is 10.6 Å². The SMILES string of the molecule is O=[N+]([O-])Cc1c(O)cccc1Cl. The molecule has 1 rings (SSSR count). The molecule has 0 spiro atoms. The Labute approximate surface area is 73.5 Å². The number of rotatable bonds is 2. The van der Waals surface area contributed by atoms with Crippen LogP contribution in [0.25, 0.3) is 0 Å². The second-order valence-electron chi connectivity index (χ2n) is 2.23. The summed E-state index contributed by atoms with van der Waals surface area (Å²) >= 11 is 5.61. The molecule has 0 aliphatic heterocycles. The molecule has 5 heteroatoms. The van der Waals surface area contributed by atoms with Crippen LogP contribution < -0.4 is 0 Å². The van der Waals surface area contributed by atoms with E-state index in [0.717, 1.165) is 0 Å². The smallest absolute Gasteiger partial charge is 0.233 e. The van der Waals surface area contributed by atoms with E-state index in [1.807, 2.05) is 0 Å². The Morgan fingerprint density at radius 1 is 1.58 bits per heavy atom. The zero-order valence-corrected chi connectivity index (χ0v) is 6.78. The van der Waals surface area contributed by atoms with Crippen LogP contribution in [0.1, 0.15) is 5.56 Å². The fraction of sp³-hybridized carbons (Fsp3) is 0.143. The minimum absolute atomic E-state index is 0.140. The zero-order valence-electron chi connectivity index (χ0n) is 6.03. The van der Waals surface area contributed by atoms with Crippen molar-refractivity contribution in [1.82, 2.24) is 0 Å². The third-order valence-electron chi connectivity index (χ3n) is 1.38. The highest BCUT2D eigenvalue weighted by atomic mass is 35.5. The molecule has 1 aromatic carbocycles. The number of benzene rings is 1. The summed E-state index contributed by atoms with van der Waals surface area (Å²) in [6, 6.07) is 4.39. The van der Waals surface area contributed by atoms with Crippen LogP contribution in [0.15, 0.2) is 18.2 Å². The fourth-order valence-corrected chi connectivity index (χ4v) is 1.06. The van der Waals surface area contributed by atoms with Gasteiger partial charge < -0.3 is 5.11 Å². The van der Waals surface area contributed by atoms with E-state index in [1.54, 1.807) is 0 Å². The molecule has 0 radical (unpaired) electrons. The van der Waals surface area contributed by atoms with E-state index < -0.39 is 11.5 Å². The van der Waals surface area contributed by atoms with Gasteiger partial charge in [-0.05, 0) is 12.1 Å². The Morgan fingerprint density at radius 2 is 2.25 bits per heavy atom. The van der Waals surface area contributed by atoms with Crippen LogP contribution in [0.2, 0.25) is 5.02 Å². The van der Waals surface area contributed by atoms with Crippen LogP contribution in [-0.2, 0) is 6.54 Å². The lowest BCUT2D eigenvalue weighted by molar-refractivity contribution is -0.496. The second-order valence-corrected chi connectivity index (χ2v) is 2.64. The molecule has 0 atom stereocenters. The molecule has 0 aliphatic carbocycles. The van der Waals surface area contributed by atoms with Crippen molar-refractivity contribution in [1.29, 1.82) is 0 Å². The summed E-state index contributed by atoms with van der Waals surface area (Å²) in [5, 5.41) is 19.5. The molecule has 0 fully saturated rings. The van der Waals surface area contributed by atoms with Crippen molar-refractivity contribution >= 4 is 11.6 Å². The topological polar surface area (TPSA) is 63.4 Å². The van der Waals surface area contributed by atoms with Crippen molar-refractivity contribution in [2.45, 2.75) is 6.54 Å². The van der Waals surface area contributed by atoms with Gasteiger partial charge in [-0.3, -0.25) is 10.1 Å². The first-order valence-electron chi connectivity index (χ1n) is 3.19. The molecule has 1 N–H and O–H groups in total. The average molecular weight is 188 g/mol. The first kappa shape index (κ1) is 8.80. The monoisotopic (exact) mass is 187 g/mol. The van der Waals surface area contributed by atoms with Crippen LogP contribution >= 0.6 is 11.6 Å². The van der Waals surface area contributed by atoms with Gasteiger partial charge in [0.1, 0.15) is 5.75 Å². The van der Waals surface area contributed by atoms with E-state index in [2.05, 4.69) is 0 Å². The number of nitrogens with zero attached hydrogens (tertiary/aromatic N) is 1. The highest BCUT2D eigenvalue weighted by molar-refractivity contribution is 6.31. The fourth-order valence-electron chi connectivity index (χ4n) is 0.833. The molecule has 0 aliphatic rings. The van der Waals surface area contributed by atoms with E-state index in [-0.39, 0.29) is 16.3 Å². The van der Waals surface area contributed by atoms with E-state index >= 15 is 0 Å². The highest BCUT2D eigenvalue weighted by Crippen LogP contribution is 2.25. The van der Waals surface area contributed by atoms with Gasteiger partial charge in [-0.2, -0.15) is 0 Å². The zero-order chi connectivity index (χ0) is 9.14. The molecular formula is C7H6ClNO3. The predicted octanol–water partition coefficient (Wildman–Crippen LogP) is 1.82. The first-order chi connectivity index (χ1) is 5.61. The van der Waals surface area contributed by atoms with Gasteiger partial charge in [0.25, 0.3) is 0 Å². The van der Waals surface area contributed by atoms with Gasteiger partial charge in [-0.25, -0.2) is 0 Å². The lowest BCUT2D eigenvalue weighted by Gasteiger charge is -2.00. The van der Waals surface area contributed by atoms with Crippen LogP contribution in [0, 0.1) is 10.1 Å². The Kier molecular flexibility index (Phi) is 2.50. The minimum Gasteiger partial charge on any atom is -0.507 e. The van der Waals surface area contributed by atoms with Gasteiger partial charge in [0.2, 0.25) is 6.54 Å². The van der Waals surface area contributed by atoms with Crippen LogP contribution in [-0.4, -0.2) is 10.0 Å². The lowest BCUT2D eigenvalue weighted by Crippen LogP contribution is -1.98. The average Bonchev–Trinajstić information content (AvgIpc) is 1.97. The number of hydrogen-bond donors (Lipinski definition) is 1. The molecule has 12 heavy (non-hydrogen) atoms. The van der Waals surface area contributed by atoms with E-state index in [0.29, 0.717) is 0 Å². The molecule has 0 saturated heterocycles. The third kappa shape index (κ3) is 1.85. The van der Waals surface area contributed by atoms with Crippen molar-refractivity contribution in [2.24, 2.45) is 0 Å². The summed E-state index contributed by atoms with van der Waals surface area (Å²) in [5.74, 6) is -0.140. The molecule has 0 saturated carbocycles. The Balaban J connectivity index is 3.04. The number of phenols is 1. The quantitative estimate of drug-likeness (QED) is 0.568. The summed E-state index contributed by atoms with van der Waals surface area (Å²) in [5.41, 5.74) is 0.157. The first-order valence-corrected chi connectivity index (χ1v) is 3.57. The molecule has 0 heterocycles. The lowest BCUT2D eigenvalue weighted by atomic mass is 10.2. The number of hydrogen-bond acceptors (Lipinski definition) is 3. The van der Waals surface area contributed by atoms with Crippen molar-refractivity contribution in [3.63, 3.8) is 0 Å². The molecule has 0 aromatic heterocycles. The number of aromatic hydroxyl groups is 1. The van der Waals surface area contributed by atoms with Gasteiger partial charge in [0, 0.05) is 4.92 Å². The minimum atomic E-state index is -0.541. The summed E-state index contributed by atoms with van der Waals surface area (Å²) in [6.07, 6.45) is 0. The molecule has 0 bridgehead atoms. The second kappa shape index (κ2) is 3.40. The maximum atomic E-state index is 10.1. The Morgan fingerprint density at radius 3 is 2.75 bits per heavy atom. The number of nitro groups is 1. The van der Waals surface area contributed by atoms with Gasteiger partial charge in [-0.1, -0.05) is 17.7 Å². The molecule has 4 nitrogen and oxygen atoms in total. The van der Waals surface area contributed by atoms with E-state index in [9.17, 15) is 10.1 Å². The molecule has 0 unspecified atom stereocenters. The molecule has 0 amide bonds. The van der Waals surface area contributed by atoms with Gasteiger partial charge >= 0.3 is 0 Å². The summed E-state index contributed by atoms with van der Waals surface area (Å²) in [7, 11) is 0. The van der Waals surface area contributed by atoms with Crippen molar-refractivity contribution < 1.29 is 10.0 Å². The standard InChI is InChI=1S/C7H6ClNO3/c8-6-2-1-3-7(10)5(6)4-9(11)12/h1-3,10H,4H2. The number of halogens is 1. The Hall–Kier alpha value is -1.29. The number of phenolic OH excluding ortho intramolecular Hbond substituents is 1. The molecule has 1 aromatic rings. The molecule has 64 valence electrons. The predicted molar refractivity (Wildman–Crippen MR) is 43.8 cm³/mol. The van der Waals surface area contributed by atoms with Crippen LogP contribution in [0.5, 0.6) is 5.75 Å². The maximum Gasteiger partial charge on any atom is 0.233 e. The summed E-state index contributed by atoms with van der Waals surface area (Å²) < 4.78 is 0. The molecular weight excluding hydrogens is 182 g/mol. The van der Waals surface area contributed by atoms with Crippen molar-refractivity contribution in [2.75, 3.05) is 0 Å². The summed E-state index contributed by atoms with van der Waals surface area (Å²) in [6.45, 7) is -0.453. The van der Waals surface area contributed by atoms with Gasteiger partial charge in [-0.15, -0.1) is 0 Å².